The number of hydrogen-bond acceptors (Lipinski definition) is 3. The Balaban J connectivity index is 1.58. The molecule has 1 N–H and O–H groups in total. The predicted molar refractivity (Wildman–Crippen MR) is 66.5 cm³/mol. The molecule has 1 aliphatic carbocycles. The Bertz CT molecular complexity index is 186. The molecule has 0 bridgehead atoms. The third-order valence-corrected chi connectivity index (χ3v) is 4.41. The highest BCUT2D eigenvalue weighted by Crippen LogP contribution is 2.27. The van der Waals surface area contributed by atoms with Gasteiger partial charge in [0.25, 0.3) is 0 Å². The lowest BCUT2D eigenvalue weighted by Crippen LogP contribution is -2.51. The van der Waals surface area contributed by atoms with Gasteiger partial charge < -0.3 is 10.1 Å². The first kappa shape index (κ1) is 11.7. The van der Waals surface area contributed by atoms with Crippen LogP contribution in [0, 0.1) is 0 Å². The second-order valence-corrected chi connectivity index (χ2v) is 6.21. The molecule has 0 radical (unpaired) electrons. The van der Waals surface area contributed by atoms with Gasteiger partial charge in [0.05, 0.1) is 12.2 Å². The summed E-state index contributed by atoms with van der Waals surface area (Å²) in [6.07, 6.45) is 6.12. The lowest BCUT2D eigenvalue weighted by Gasteiger charge is -2.39. The summed E-state index contributed by atoms with van der Waals surface area (Å²) in [6.45, 7) is 4.25. The van der Waals surface area contributed by atoms with Crippen molar-refractivity contribution in [3.8, 4) is 0 Å². The minimum Gasteiger partial charge on any atom is -0.375 e. The van der Waals surface area contributed by atoms with E-state index in [1.165, 1.54) is 37.2 Å². The Kier molecular flexibility index (Phi) is 4.35. The largest absolute Gasteiger partial charge is 0.375 e. The predicted octanol–water partition coefficient (Wildman–Crippen LogP) is 2.43. The molecule has 3 heteroatoms. The third kappa shape index (κ3) is 3.65. The van der Waals surface area contributed by atoms with Crippen LogP contribution in [0.1, 0.15) is 39.5 Å². The maximum absolute atomic E-state index is 5.76. The van der Waals surface area contributed by atoms with Gasteiger partial charge in [-0.2, -0.15) is 11.8 Å². The summed E-state index contributed by atoms with van der Waals surface area (Å²) in [5.74, 6) is 2.67. The van der Waals surface area contributed by atoms with Gasteiger partial charge in [-0.05, 0) is 45.3 Å². The van der Waals surface area contributed by atoms with Gasteiger partial charge in [0.1, 0.15) is 0 Å². The van der Waals surface area contributed by atoms with Gasteiger partial charge in [0.2, 0.25) is 0 Å². The third-order valence-electron chi connectivity index (χ3n) is 3.19. The summed E-state index contributed by atoms with van der Waals surface area (Å²) in [4.78, 5) is 0. The molecular formula is C12H23NOS. The zero-order valence-electron chi connectivity index (χ0n) is 9.87. The summed E-state index contributed by atoms with van der Waals surface area (Å²) in [6, 6.07) is 1.51. The minimum atomic E-state index is 0.390. The van der Waals surface area contributed by atoms with Crippen LogP contribution in [0.15, 0.2) is 0 Å². The number of ether oxygens (including phenoxy) is 1. The van der Waals surface area contributed by atoms with Crippen molar-refractivity contribution in [2.24, 2.45) is 0 Å². The summed E-state index contributed by atoms with van der Waals surface area (Å²) in [7, 11) is 0. The van der Waals surface area contributed by atoms with E-state index in [1.807, 2.05) is 0 Å². The fourth-order valence-corrected chi connectivity index (χ4v) is 3.49. The van der Waals surface area contributed by atoms with Crippen LogP contribution in [0.3, 0.4) is 0 Å². The van der Waals surface area contributed by atoms with E-state index < -0.39 is 0 Å². The van der Waals surface area contributed by atoms with Crippen LogP contribution in [0.4, 0.5) is 0 Å². The van der Waals surface area contributed by atoms with Gasteiger partial charge in [0, 0.05) is 17.8 Å². The van der Waals surface area contributed by atoms with Crippen LogP contribution in [-0.4, -0.2) is 35.8 Å². The van der Waals surface area contributed by atoms with Crippen molar-refractivity contribution >= 4 is 11.8 Å². The highest BCUT2D eigenvalue weighted by atomic mass is 32.2. The summed E-state index contributed by atoms with van der Waals surface area (Å²) in [5.41, 5.74) is 0. The van der Waals surface area contributed by atoms with Crippen LogP contribution < -0.4 is 5.32 Å². The molecule has 1 aliphatic heterocycles. The van der Waals surface area contributed by atoms with Crippen LogP contribution >= 0.6 is 11.8 Å². The van der Waals surface area contributed by atoms with Gasteiger partial charge in [0.15, 0.2) is 0 Å². The van der Waals surface area contributed by atoms with Crippen molar-refractivity contribution in [2.75, 3.05) is 11.5 Å². The topological polar surface area (TPSA) is 21.3 Å². The van der Waals surface area contributed by atoms with E-state index in [4.69, 9.17) is 4.74 Å². The fourth-order valence-electron chi connectivity index (χ4n) is 2.40. The Hall–Kier alpha value is 0.270. The number of thioether (sulfide) groups is 1. The SMILES string of the molecule is CC(C)OC1CC(N[C@@H]2CCCSC2)C1. The fraction of sp³-hybridized carbons (Fsp3) is 1.00. The molecular weight excluding hydrogens is 206 g/mol. The zero-order chi connectivity index (χ0) is 10.7. The van der Waals surface area contributed by atoms with Crippen LogP contribution in [0.2, 0.25) is 0 Å². The van der Waals surface area contributed by atoms with Crippen LogP contribution in [-0.2, 0) is 4.74 Å². The first-order valence-electron chi connectivity index (χ1n) is 6.23. The van der Waals surface area contributed by atoms with E-state index in [0.717, 1.165) is 12.1 Å². The Labute approximate surface area is 97.5 Å². The molecule has 1 saturated heterocycles. The van der Waals surface area contributed by atoms with Crippen molar-refractivity contribution in [2.45, 2.75) is 63.8 Å². The van der Waals surface area contributed by atoms with Crippen molar-refractivity contribution < 1.29 is 4.74 Å². The molecule has 0 amide bonds. The van der Waals surface area contributed by atoms with E-state index >= 15 is 0 Å². The maximum Gasteiger partial charge on any atom is 0.0608 e. The number of hydrogen-bond donors (Lipinski definition) is 1. The van der Waals surface area contributed by atoms with Crippen molar-refractivity contribution in [1.82, 2.24) is 5.32 Å². The number of nitrogens with one attached hydrogen (secondary N) is 1. The summed E-state index contributed by atoms with van der Waals surface area (Å²) >= 11 is 2.10. The summed E-state index contributed by atoms with van der Waals surface area (Å²) in [5, 5.41) is 3.76. The zero-order valence-corrected chi connectivity index (χ0v) is 10.7. The maximum atomic E-state index is 5.76. The second-order valence-electron chi connectivity index (χ2n) is 5.06. The molecule has 88 valence electrons. The van der Waals surface area contributed by atoms with Crippen molar-refractivity contribution in [3.63, 3.8) is 0 Å². The molecule has 0 aromatic heterocycles. The molecule has 2 aliphatic rings. The van der Waals surface area contributed by atoms with Gasteiger partial charge in [-0.1, -0.05) is 0 Å². The van der Waals surface area contributed by atoms with Crippen molar-refractivity contribution in [1.29, 1.82) is 0 Å². The van der Waals surface area contributed by atoms with E-state index in [1.54, 1.807) is 0 Å². The van der Waals surface area contributed by atoms with Crippen molar-refractivity contribution in [3.05, 3.63) is 0 Å². The first-order chi connectivity index (χ1) is 7.24. The molecule has 2 rings (SSSR count). The molecule has 0 aromatic carbocycles. The summed E-state index contributed by atoms with van der Waals surface area (Å²) < 4.78 is 5.76. The van der Waals surface area contributed by atoms with Gasteiger partial charge in [-0.25, -0.2) is 0 Å². The average Bonchev–Trinajstić information content (AvgIpc) is 2.15. The smallest absolute Gasteiger partial charge is 0.0608 e. The van der Waals surface area contributed by atoms with Gasteiger partial charge >= 0.3 is 0 Å². The van der Waals surface area contributed by atoms with E-state index in [-0.39, 0.29) is 0 Å². The average molecular weight is 229 g/mol. The molecule has 1 saturated carbocycles. The number of rotatable bonds is 4. The highest BCUT2D eigenvalue weighted by Gasteiger charge is 2.32. The Morgan fingerprint density at radius 1 is 1.27 bits per heavy atom. The monoisotopic (exact) mass is 229 g/mol. The van der Waals surface area contributed by atoms with Gasteiger partial charge in [-0.15, -0.1) is 0 Å². The van der Waals surface area contributed by atoms with E-state index in [9.17, 15) is 0 Å². The quantitative estimate of drug-likeness (QED) is 0.800. The van der Waals surface area contributed by atoms with E-state index in [2.05, 4.69) is 30.9 Å². The molecule has 0 aromatic rings. The molecule has 0 spiro atoms. The lowest BCUT2D eigenvalue weighted by molar-refractivity contribution is -0.0512. The Morgan fingerprint density at radius 3 is 2.67 bits per heavy atom. The lowest BCUT2D eigenvalue weighted by atomic mass is 9.88. The molecule has 0 unspecified atom stereocenters. The molecule has 1 heterocycles. The molecule has 15 heavy (non-hydrogen) atoms. The van der Waals surface area contributed by atoms with Crippen LogP contribution in [0.5, 0.6) is 0 Å². The minimum absolute atomic E-state index is 0.390. The standard InChI is InChI=1S/C12H23NOS/c1-9(2)14-12-6-11(7-12)13-10-4-3-5-15-8-10/h9-13H,3-8H2,1-2H3/t10-,11?,12?/m1/s1. The molecule has 2 nitrogen and oxygen atoms in total. The Morgan fingerprint density at radius 2 is 2.07 bits per heavy atom. The normalized spacial score (nSPS) is 36.6. The van der Waals surface area contributed by atoms with Crippen LogP contribution in [0.25, 0.3) is 0 Å². The first-order valence-corrected chi connectivity index (χ1v) is 7.38. The van der Waals surface area contributed by atoms with Gasteiger partial charge in [-0.3, -0.25) is 0 Å². The van der Waals surface area contributed by atoms with E-state index in [0.29, 0.717) is 12.2 Å². The highest BCUT2D eigenvalue weighted by molar-refractivity contribution is 7.99. The molecule has 2 fully saturated rings. The molecule has 1 atom stereocenters. The second kappa shape index (κ2) is 5.55.